The standard InChI is InChI=1S/C19H22N2O7/c1-11(22)13-7-14(20-9-13)19(24)28-10-17(23)21-8-12-5-15(25-2)18(27-4)16(6-12)26-3/h5-7,9,20H,8,10H2,1-4H3,(H,21,23). The molecule has 9 nitrogen and oxygen atoms in total. The van der Waals surface area contributed by atoms with Crippen molar-refractivity contribution in [3.8, 4) is 17.2 Å². The molecule has 150 valence electrons. The number of aromatic amines is 1. The Balaban J connectivity index is 1.91. The predicted octanol–water partition coefficient (Wildman–Crippen LogP) is 1.72. The van der Waals surface area contributed by atoms with Gasteiger partial charge in [-0.25, -0.2) is 4.79 Å². The summed E-state index contributed by atoms with van der Waals surface area (Å²) < 4.78 is 20.7. The van der Waals surface area contributed by atoms with Crippen LogP contribution in [0.25, 0.3) is 0 Å². The van der Waals surface area contributed by atoms with Crippen molar-refractivity contribution in [2.24, 2.45) is 0 Å². The number of rotatable bonds is 9. The molecule has 0 unspecified atom stereocenters. The second kappa shape index (κ2) is 9.45. The summed E-state index contributed by atoms with van der Waals surface area (Å²) in [6, 6.07) is 4.78. The average molecular weight is 390 g/mol. The van der Waals surface area contributed by atoms with Gasteiger partial charge in [0.15, 0.2) is 23.9 Å². The van der Waals surface area contributed by atoms with Crippen LogP contribution in [0.3, 0.4) is 0 Å². The van der Waals surface area contributed by atoms with Crippen molar-refractivity contribution in [3.05, 3.63) is 41.2 Å². The number of ether oxygens (including phenoxy) is 4. The lowest BCUT2D eigenvalue weighted by Crippen LogP contribution is -2.28. The highest BCUT2D eigenvalue weighted by atomic mass is 16.5. The van der Waals surface area contributed by atoms with Gasteiger partial charge in [-0.1, -0.05) is 0 Å². The molecule has 0 atom stereocenters. The average Bonchev–Trinajstić information content (AvgIpc) is 3.20. The fraction of sp³-hybridized carbons (Fsp3) is 0.316. The van der Waals surface area contributed by atoms with Gasteiger partial charge < -0.3 is 29.2 Å². The van der Waals surface area contributed by atoms with Crippen LogP contribution in [-0.4, -0.2) is 50.6 Å². The SMILES string of the molecule is COc1cc(CNC(=O)COC(=O)c2cc(C(C)=O)c[nH]2)cc(OC)c1OC. The van der Waals surface area contributed by atoms with Gasteiger partial charge in [-0.15, -0.1) is 0 Å². The third kappa shape index (κ3) is 5.03. The van der Waals surface area contributed by atoms with Crippen LogP contribution in [0, 0.1) is 0 Å². The zero-order chi connectivity index (χ0) is 20.7. The van der Waals surface area contributed by atoms with Crippen LogP contribution in [0.5, 0.6) is 17.2 Å². The summed E-state index contributed by atoms with van der Waals surface area (Å²) in [6.45, 7) is 1.09. The molecule has 9 heteroatoms. The summed E-state index contributed by atoms with van der Waals surface area (Å²) >= 11 is 0. The van der Waals surface area contributed by atoms with Crippen LogP contribution < -0.4 is 19.5 Å². The maximum atomic E-state index is 12.0. The van der Waals surface area contributed by atoms with Crippen molar-refractivity contribution in [1.82, 2.24) is 10.3 Å². The number of hydrogen-bond donors (Lipinski definition) is 2. The number of amides is 1. The van der Waals surface area contributed by atoms with Crippen LogP contribution >= 0.6 is 0 Å². The van der Waals surface area contributed by atoms with E-state index >= 15 is 0 Å². The summed E-state index contributed by atoms with van der Waals surface area (Å²) in [4.78, 5) is 37.7. The predicted molar refractivity (Wildman–Crippen MR) is 99.0 cm³/mol. The minimum Gasteiger partial charge on any atom is -0.493 e. The van der Waals surface area contributed by atoms with Gasteiger partial charge in [-0.2, -0.15) is 0 Å². The number of carbonyl (C=O) groups excluding carboxylic acids is 3. The van der Waals surface area contributed by atoms with Gasteiger partial charge in [0.1, 0.15) is 5.69 Å². The van der Waals surface area contributed by atoms with Gasteiger partial charge in [0.05, 0.1) is 21.3 Å². The Bertz CT molecular complexity index is 848. The van der Waals surface area contributed by atoms with Crippen LogP contribution in [0.2, 0.25) is 0 Å². The summed E-state index contributed by atoms with van der Waals surface area (Å²) in [5.41, 5.74) is 1.17. The molecule has 2 aromatic rings. The maximum Gasteiger partial charge on any atom is 0.355 e. The summed E-state index contributed by atoms with van der Waals surface area (Å²) in [5.74, 6) is -0.0183. The molecule has 2 N–H and O–H groups in total. The van der Waals surface area contributed by atoms with Gasteiger partial charge in [0.2, 0.25) is 5.75 Å². The molecule has 0 bridgehead atoms. The second-order valence-electron chi connectivity index (χ2n) is 5.74. The molecule has 0 aliphatic rings. The number of benzene rings is 1. The van der Waals surface area contributed by atoms with Crippen LogP contribution in [-0.2, 0) is 16.1 Å². The lowest BCUT2D eigenvalue weighted by atomic mass is 10.1. The number of H-pyrrole nitrogens is 1. The molecule has 0 fully saturated rings. The van der Waals surface area contributed by atoms with Gasteiger partial charge in [-0.05, 0) is 30.7 Å². The molecule has 1 aromatic carbocycles. The van der Waals surface area contributed by atoms with E-state index in [0.717, 1.165) is 0 Å². The quantitative estimate of drug-likeness (QED) is 0.495. The number of esters is 1. The minimum absolute atomic E-state index is 0.0997. The van der Waals surface area contributed by atoms with Crippen LogP contribution in [0.15, 0.2) is 24.4 Å². The monoisotopic (exact) mass is 390 g/mol. The molecule has 0 aliphatic heterocycles. The van der Waals surface area contributed by atoms with E-state index < -0.39 is 18.5 Å². The lowest BCUT2D eigenvalue weighted by molar-refractivity contribution is -0.124. The Morgan fingerprint density at radius 1 is 1.00 bits per heavy atom. The van der Waals surface area contributed by atoms with Crippen molar-refractivity contribution >= 4 is 17.7 Å². The second-order valence-corrected chi connectivity index (χ2v) is 5.74. The Morgan fingerprint density at radius 3 is 2.14 bits per heavy atom. The molecule has 0 saturated heterocycles. The summed E-state index contributed by atoms with van der Waals surface area (Å²) in [5, 5.41) is 2.64. The fourth-order valence-corrected chi connectivity index (χ4v) is 2.41. The van der Waals surface area contributed by atoms with Crippen molar-refractivity contribution in [1.29, 1.82) is 0 Å². The summed E-state index contributed by atoms with van der Waals surface area (Å²) in [6.07, 6.45) is 1.41. The van der Waals surface area contributed by atoms with Gasteiger partial charge in [-0.3, -0.25) is 9.59 Å². The molecule has 0 radical (unpaired) electrons. The molecule has 1 aromatic heterocycles. The normalized spacial score (nSPS) is 10.1. The van der Waals surface area contributed by atoms with Crippen molar-refractivity contribution < 1.29 is 33.3 Å². The first-order valence-corrected chi connectivity index (χ1v) is 8.31. The van der Waals surface area contributed by atoms with E-state index in [2.05, 4.69) is 10.3 Å². The molecule has 1 heterocycles. The zero-order valence-corrected chi connectivity index (χ0v) is 16.1. The first kappa shape index (κ1) is 20.8. The van der Waals surface area contributed by atoms with Gasteiger partial charge in [0, 0.05) is 18.3 Å². The highest BCUT2D eigenvalue weighted by Gasteiger charge is 2.15. The molecule has 0 saturated carbocycles. The number of Topliss-reactive ketones (excluding diaryl/α,β-unsaturated/α-hetero) is 1. The highest BCUT2D eigenvalue weighted by Crippen LogP contribution is 2.38. The first-order chi connectivity index (χ1) is 13.4. The van der Waals surface area contributed by atoms with Crippen molar-refractivity contribution in [2.75, 3.05) is 27.9 Å². The van der Waals surface area contributed by atoms with Gasteiger partial charge in [0.25, 0.3) is 5.91 Å². The number of hydrogen-bond acceptors (Lipinski definition) is 7. The third-order valence-corrected chi connectivity index (χ3v) is 3.86. The van der Waals surface area contributed by atoms with E-state index in [1.165, 1.54) is 40.5 Å². The minimum atomic E-state index is -0.726. The summed E-state index contributed by atoms with van der Waals surface area (Å²) in [7, 11) is 4.49. The van der Waals surface area contributed by atoms with E-state index in [4.69, 9.17) is 18.9 Å². The fourth-order valence-electron chi connectivity index (χ4n) is 2.41. The smallest absolute Gasteiger partial charge is 0.355 e. The van der Waals surface area contributed by atoms with E-state index in [9.17, 15) is 14.4 Å². The Labute approximate surface area is 161 Å². The molecular formula is C19H22N2O7. The Hall–Kier alpha value is -3.49. The van der Waals surface area contributed by atoms with Crippen molar-refractivity contribution in [2.45, 2.75) is 13.5 Å². The largest absolute Gasteiger partial charge is 0.493 e. The lowest BCUT2D eigenvalue weighted by Gasteiger charge is -2.14. The third-order valence-electron chi connectivity index (χ3n) is 3.86. The van der Waals surface area contributed by atoms with E-state index in [0.29, 0.717) is 28.4 Å². The molecule has 2 rings (SSSR count). The van der Waals surface area contributed by atoms with E-state index in [-0.39, 0.29) is 18.0 Å². The van der Waals surface area contributed by atoms with Crippen molar-refractivity contribution in [3.63, 3.8) is 0 Å². The molecule has 0 aliphatic carbocycles. The molecule has 28 heavy (non-hydrogen) atoms. The van der Waals surface area contributed by atoms with Crippen LogP contribution in [0.1, 0.15) is 33.3 Å². The van der Waals surface area contributed by atoms with Gasteiger partial charge >= 0.3 is 5.97 Å². The number of ketones is 1. The number of carbonyl (C=O) groups is 3. The first-order valence-electron chi connectivity index (χ1n) is 8.31. The number of aromatic nitrogens is 1. The topological polar surface area (TPSA) is 116 Å². The maximum absolute atomic E-state index is 12.0. The molecule has 1 amide bonds. The number of nitrogens with one attached hydrogen (secondary N) is 2. The molecule has 0 spiro atoms. The van der Waals surface area contributed by atoms with Crippen LogP contribution in [0.4, 0.5) is 0 Å². The highest BCUT2D eigenvalue weighted by molar-refractivity contribution is 5.97. The van der Waals surface area contributed by atoms with E-state index in [1.807, 2.05) is 0 Å². The number of methoxy groups -OCH3 is 3. The molecular weight excluding hydrogens is 368 g/mol. The Kier molecular flexibility index (Phi) is 7.02. The zero-order valence-electron chi connectivity index (χ0n) is 16.1. The Morgan fingerprint density at radius 2 is 1.64 bits per heavy atom. The van der Waals surface area contributed by atoms with E-state index in [1.54, 1.807) is 12.1 Å².